The zero-order valence-electron chi connectivity index (χ0n) is 9.78. The minimum absolute atomic E-state index is 0.149. The normalized spacial score (nSPS) is 15.6. The average Bonchev–Trinajstić information content (AvgIpc) is 2.63. The average molecular weight is 213 g/mol. The second kappa shape index (κ2) is 4.72. The lowest BCUT2D eigenvalue weighted by Gasteiger charge is -2.16. The SMILES string of the molecule is CCC(C)(N)c1noc(COC(C)C)n1. The Bertz CT molecular complexity index is 307. The van der Waals surface area contributed by atoms with Gasteiger partial charge in [-0.3, -0.25) is 0 Å². The molecule has 1 atom stereocenters. The summed E-state index contributed by atoms with van der Waals surface area (Å²) in [6.07, 6.45) is 0.910. The van der Waals surface area contributed by atoms with Gasteiger partial charge in [-0.2, -0.15) is 4.98 Å². The summed E-state index contributed by atoms with van der Waals surface area (Å²) in [4.78, 5) is 4.20. The molecule has 5 heteroatoms. The Morgan fingerprint density at radius 2 is 2.20 bits per heavy atom. The molecular weight excluding hydrogens is 194 g/mol. The van der Waals surface area contributed by atoms with Crippen molar-refractivity contribution in [3.63, 3.8) is 0 Å². The van der Waals surface area contributed by atoms with E-state index in [0.717, 1.165) is 6.42 Å². The van der Waals surface area contributed by atoms with Gasteiger partial charge in [-0.25, -0.2) is 0 Å². The van der Waals surface area contributed by atoms with Crippen molar-refractivity contribution in [1.82, 2.24) is 10.1 Å². The van der Waals surface area contributed by atoms with Gasteiger partial charge in [0.15, 0.2) is 5.82 Å². The molecule has 0 bridgehead atoms. The first-order chi connectivity index (χ1) is 6.95. The number of aromatic nitrogens is 2. The molecule has 86 valence electrons. The molecule has 1 aromatic heterocycles. The van der Waals surface area contributed by atoms with Gasteiger partial charge in [-0.15, -0.1) is 0 Å². The lowest BCUT2D eigenvalue weighted by molar-refractivity contribution is 0.0485. The molecule has 1 rings (SSSR count). The molecular formula is C10H19N3O2. The third kappa shape index (κ3) is 3.28. The minimum Gasteiger partial charge on any atom is -0.369 e. The molecule has 15 heavy (non-hydrogen) atoms. The summed E-state index contributed by atoms with van der Waals surface area (Å²) in [7, 11) is 0. The van der Waals surface area contributed by atoms with Crippen molar-refractivity contribution in [3.05, 3.63) is 11.7 Å². The van der Waals surface area contributed by atoms with Crippen LogP contribution in [0.2, 0.25) is 0 Å². The molecule has 1 heterocycles. The van der Waals surface area contributed by atoms with Crippen LogP contribution < -0.4 is 5.73 Å². The summed E-state index contributed by atoms with van der Waals surface area (Å²) >= 11 is 0. The van der Waals surface area contributed by atoms with Crippen molar-refractivity contribution in [2.24, 2.45) is 5.73 Å². The largest absolute Gasteiger partial charge is 0.369 e. The zero-order chi connectivity index (χ0) is 11.5. The molecule has 0 aliphatic heterocycles. The summed E-state index contributed by atoms with van der Waals surface area (Å²) in [5.41, 5.74) is 5.45. The summed E-state index contributed by atoms with van der Waals surface area (Å²) in [5.74, 6) is 1.01. The predicted molar refractivity (Wildman–Crippen MR) is 56.1 cm³/mol. The highest BCUT2D eigenvalue weighted by atomic mass is 16.5. The van der Waals surface area contributed by atoms with Gasteiger partial charge in [0.25, 0.3) is 5.89 Å². The number of nitrogens with zero attached hydrogens (tertiary/aromatic N) is 2. The van der Waals surface area contributed by atoms with E-state index in [0.29, 0.717) is 18.3 Å². The van der Waals surface area contributed by atoms with Gasteiger partial charge in [-0.05, 0) is 27.2 Å². The molecule has 0 saturated heterocycles. The molecule has 1 aromatic rings. The van der Waals surface area contributed by atoms with E-state index >= 15 is 0 Å². The zero-order valence-corrected chi connectivity index (χ0v) is 9.78. The molecule has 0 spiro atoms. The van der Waals surface area contributed by atoms with Gasteiger partial charge in [-0.1, -0.05) is 12.1 Å². The van der Waals surface area contributed by atoms with Crippen molar-refractivity contribution >= 4 is 0 Å². The molecule has 5 nitrogen and oxygen atoms in total. The first-order valence-corrected chi connectivity index (χ1v) is 5.19. The number of ether oxygens (including phenoxy) is 1. The number of hydrogen-bond acceptors (Lipinski definition) is 5. The van der Waals surface area contributed by atoms with E-state index in [2.05, 4.69) is 10.1 Å². The Kier molecular flexibility index (Phi) is 3.82. The number of nitrogens with two attached hydrogens (primary N) is 1. The van der Waals surface area contributed by atoms with Crippen LogP contribution in [0.15, 0.2) is 4.52 Å². The standard InChI is InChI=1S/C10H19N3O2/c1-5-10(4,11)9-12-8(15-13-9)6-14-7(2)3/h7H,5-6,11H2,1-4H3. The Hall–Kier alpha value is -0.940. The fourth-order valence-electron chi connectivity index (χ4n) is 0.942. The molecule has 0 radical (unpaired) electrons. The van der Waals surface area contributed by atoms with Crippen LogP contribution in [0.5, 0.6) is 0 Å². The van der Waals surface area contributed by atoms with Crippen molar-refractivity contribution in [1.29, 1.82) is 0 Å². The molecule has 0 aromatic carbocycles. The first-order valence-electron chi connectivity index (χ1n) is 5.19. The Labute approximate surface area is 90.0 Å². The molecule has 0 saturated carbocycles. The van der Waals surface area contributed by atoms with Crippen LogP contribution in [0.1, 0.15) is 45.8 Å². The summed E-state index contributed by atoms with van der Waals surface area (Å²) in [6.45, 7) is 8.11. The fourth-order valence-corrected chi connectivity index (χ4v) is 0.942. The molecule has 0 fully saturated rings. The first kappa shape index (κ1) is 12.1. The molecule has 0 aliphatic carbocycles. The predicted octanol–water partition coefficient (Wildman–Crippen LogP) is 1.58. The Morgan fingerprint density at radius 3 is 2.73 bits per heavy atom. The van der Waals surface area contributed by atoms with Gasteiger partial charge in [0.05, 0.1) is 11.6 Å². The van der Waals surface area contributed by atoms with Crippen molar-refractivity contribution in [3.8, 4) is 0 Å². The van der Waals surface area contributed by atoms with Crippen LogP contribution in [-0.2, 0) is 16.9 Å². The topological polar surface area (TPSA) is 74.2 Å². The third-order valence-corrected chi connectivity index (χ3v) is 2.25. The molecule has 0 aliphatic rings. The van der Waals surface area contributed by atoms with Crippen LogP contribution in [0.3, 0.4) is 0 Å². The van der Waals surface area contributed by atoms with Crippen molar-refractivity contribution in [2.45, 2.75) is 52.4 Å². The van der Waals surface area contributed by atoms with Crippen LogP contribution in [-0.4, -0.2) is 16.2 Å². The highest BCUT2D eigenvalue weighted by Crippen LogP contribution is 2.17. The van der Waals surface area contributed by atoms with Crippen LogP contribution >= 0.6 is 0 Å². The Balaban J connectivity index is 2.64. The second-order valence-corrected chi connectivity index (χ2v) is 4.14. The number of hydrogen-bond donors (Lipinski definition) is 1. The van der Waals surface area contributed by atoms with Gasteiger partial charge < -0.3 is 15.0 Å². The quantitative estimate of drug-likeness (QED) is 0.803. The maximum atomic E-state index is 5.98. The fraction of sp³-hybridized carbons (Fsp3) is 0.800. The third-order valence-electron chi connectivity index (χ3n) is 2.25. The minimum atomic E-state index is -0.528. The molecule has 0 amide bonds. The van der Waals surface area contributed by atoms with E-state index in [1.807, 2.05) is 27.7 Å². The summed E-state index contributed by atoms with van der Waals surface area (Å²) in [6, 6.07) is 0. The van der Waals surface area contributed by atoms with Gasteiger partial charge in [0, 0.05) is 0 Å². The second-order valence-electron chi connectivity index (χ2n) is 4.14. The smallest absolute Gasteiger partial charge is 0.252 e. The molecule has 1 unspecified atom stereocenters. The van der Waals surface area contributed by atoms with Crippen LogP contribution in [0.4, 0.5) is 0 Å². The van der Waals surface area contributed by atoms with E-state index in [9.17, 15) is 0 Å². The van der Waals surface area contributed by atoms with E-state index < -0.39 is 5.54 Å². The van der Waals surface area contributed by atoms with Crippen molar-refractivity contribution < 1.29 is 9.26 Å². The van der Waals surface area contributed by atoms with Gasteiger partial charge in [0.1, 0.15) is 6.61 Å². The van der Waals surface area contributed by atoms with Gasteiger partial charge >= 0.3 is 0 Å². The van der Waals surface area contributed by atoms with E-state index in [1.54, 1.807) is 0 Å². The Morgan fingerprint density at radius 1 is 1.53 bits per heavy atom. The highest BCUT2D eigenvalue weighted by Gasteiger charge is 2.25. The monoisotopic (exact) mass is 213 g/mol. The maximum absolute atomic E-state index is 5.98. The van der Waals surface area contributed by atoms with E-state index in [-0.39, 0.29) is 6.10 Å². The maximum Gasteiger partial charge on any atom is 0.252 e. The van der Waals surface area contributed by atoms with E-state index in [4.69, 9.17) is 15.0 Å². The van der Waals surface area contributed by atoms with Crippen LogP contribution in [0, 0.1) is 0 Å². The molecule has 2 N–H and O–H groups in total. The summed E-state index contributed by atoms with van der Waals surface area (Å²) < 4.78 is 10.4. The lowest BCUT2D eigenvalue weighted by atomic mass is 10.0. The van der Waals surface area contributed by atoms with Crippen molar-refractivity contribution in [2.75, 3.05) is 0 Å². The van der Waals surface area contributed by atoms with Gasteiger partial charge in [0.2, 0.25) is 0 Å². The van der Waals surface area contributed by atoms with E-state index in [1.165, 1.54) is 0 Å². The summed E-state index contributed by atoms with van der Waals surface area (Å²) in [5, 5.41) is 3.85. The highest BCUT2D eigenvalue weighted by molar-refractivity contribution is 5.00. The lowest BCUT2D eigenvalue weighted by Crippen LogP contribution is -2.33. The van der Waals surface area contributed by atoms with Crippen LogP contribution in [0.25, 0.3) is 0 Å². The number of rotatable bonds is 5.